The fourth-order valence-electron chi connectivity index (χ4n) is 2.55. The van der Waals surface area contributed by atoms with Gasteiger partial charge >= 0.3 is 6.03 Å². The number of carbonyl (C=O) groups excluding carboxylic acids is 2. The zero-order valence-electron chi connectivity index (χ0n) is 12.6. The molecule has 0 atom stereocenters. The summed E-state index contributed by atoms with van der Waals surface area (Å²) in [5.41, 5.74) is 0.239. The first-order valence-corrected chi connectivity index (χ1v) is 7.80. The van der Waals surface area contributed by atoms with E-state index < -0.39 is 11.6 Å². The summed E-state index contributed by atoms with van der Waals surface area (Å²) in [4.78, 5) is 25.0. The van der Waals surface area contributed by atoms with Crippen molar-refractivity contribution in [1.29, 1.82) is 0 Å². The number of hydrogen-bond donors (Lipinski definition) is 2. The summed E-state index contributed by atoms with van der Waals surface area (Å²) in [5, 5.41) is 5.58. The fraction of sp³-hybridized carbons (Fsp3) is 0.500. The molecule has 1 saturated carbocycles. The number of nitrogens with zero attached hydrogens (tertiary/aromatic N) is 1. The Kier molecular flexibility index (Phi) is 4.45. The Morgan fingerprint density at radius 2 is 1.96 bits per heavy atom. The molecule has 5 nitrogen and oxygen atoms in total. The van der Waals surface area contributed by atoms with Gasteiger partial charge in [-0.05, 0) is 43.0 Å². The van der Waals surface area contributed by atoms with Gasteiger partial charge in [0.05, 0.1) is 6.04 Å². The topological polar surface area (TPSA) is 61.4 Å². The minimum atomic E-state index is -0.496. The second kappa shape index (κ2) is 6.52. The van der Waals surface area contributed by atoms with Gasteiger partial charge in [0.1, 0.15) is 11.6 Å². The van der Waals surface area contributed by atoms with Crippen LogP contribution in [-0.4, -0.2) is 42.5 Å². The van der Waals surface area contributed by atoms with E-state index in [0.29, 0.717) is 13.1 Å². The lowest BCUT2D eigenvalue weighted by atomic mass is 10.1. The smallest absolute Gasteiger partial charge is 0.317 e. The van der Waals surface area contributed by atoms with Crippen molar-refractivity contribution in [1.82, 2.24) is 15.5 Å². The first kappa shape index (κ1) is 15.7. The molecule has 1 aromatic rings. The Bertz CT molecular complexity index is 613. The van der Waals surface area contributed by atoms with Crippen LogP contribution in [0.3, 0.4) is 0 Å². The second-order valence-electron chi connectivity index (χ2n) is 6.10. The van der Waals surface area contributed by atoms with Crippen molar-refractivity contribution in [2.75, 3.05) is 19.6 Å². The third-order valence-electron chi connectivity index (χ3n) is 4.14. The van der Waals surface area contributed by atoms with E-state index in [-0.39, 0.29) is 42.4 Å². The van der Waals surface area contributed by atoms with Gasteiger partial charge < -0.3 is 15.5 Å². The zero-order chi connectivity index (χ0) is 16.4. The first-order chi connectivity index (χ1) is 11.0. The van der Waals surface area contributed by atoms with Gasteiger partial charge in [-0.3, -0.25) is 4.79 Å². The molecule has 1 aliphatic heterocycles. The third-order valence-corrected chi connectivity index (χ3v) is 4.14. The number of carbonyl (C=O) groups is 2. The summed E-state index contributed by atoms with van der Waals surface area (Å²) in [6.07, 6.45) is 2.14. The Hall–Kier alpha value is -2.18. The number of likely N-dealkylation sites (tertiary alicyclic amines) is 1. The molecule has 0 unspecified atom stereocenters. The standard InChI is InChI=1S/C16H19F2N3O2/c17-12-3-4-14(18)11(7-12)5-6-19-16(23)21-8-13(9-21)20-15(22)10-1-2-10/h3-4,7,10,13H,1-2,5-6,8-9H2,(H,19,23)(H,20,22). The van der Waals surface area contributed by atoms with Crippen molar-refractivity contribution in [2.24, 2.45) is 5.92 Å². The van der Waals surface area contributed by atoms with E-state index >= 15 is 0 Å². The van der Waals surface area contributed by atoms with E-state index in [9.17, 15) is 18.4 Å². The number of rotatable bonds is 5. The summed E-state index contributed by atoms with van der Waals surface area (Å²) < 4.78 is 26.5. The van der Waals surface area contributed by atoms with Crippen molar-refractivity contribution < 1.29 is 18.4 Å². The van der Waals surface area contributed by atoms with Crippen LogP contribution in [0.2, 0.25) is 0 Å². The van der Waals surface area contributed by atoms with E-state index in [4.69, 9.17) is 0 Å². The lowest BCUT2D eigenvalue weighted by Crippen LogP contribution is -2.63. The minimum absolute atomic E-state index is 0.0227. The van der Waals surface area contributed by atoms with Gasteiger partial charge in [0.25, 0.3) is 0 Å². The van der Waals surface area contributed by atoms with E-state index in [1.165, 1.54) is 0 Å². The van der Waals surface area contributed by atoms with Gasteiger partial charge in [0.15, 0.2) is 0 Å². The van der Waals surface area contributed by atoms with Crippen molar-refractivity contribution in [3.05, 3.63) is 35.4 Å². The van der Waals surface area contributed by atoms with Crippen molar-refractivity contribution in [3.63, 3.8) is 0 Å². The molecule has 2 N–H and O–H groups in total. The minimum Gasteiger partial charge on any atom is -0.350 e. The van der Waals surface area contributed by atoms with Gasteiger partial charge in [0.2, 0.25) is 5.91 Å². The highest BCUT2D eigenvalue weighted by molar-refractivity contribution is 5.82. The Morgan fingerprint density at radius 3 is 2.65 bits per heavy atom. The highest BCUT2D eigenvalue weighted by Crippen LogP contribution is 2.29. The average Bonchev–Trinajstić information content (AvgIpc) is 3.30. The lowest BCUT2D eigenvalue weighted by molar-refractivity contribution is -0.123. The van der Waals surface area contributed by atoms with Crippen LogP contribution in [0, 0.1) is 17.6 Å². The van der Waals surface area contributed by atoms with Crippen LogP contribution >= 0.6 is 0 Å². The molecule has 124 valence electrons. The first-order valence-electron chi connectivity index (χ1n) is 7.80. The van der Waals surface area contributed by atoms with Gasteiger partial charge in [0, 0.05) is 25.6 Å². The van der Waals surface area contributed by atoms with Gasteiger partial charge in [-0.2, -0.15) is 0 Å². The zero-order valence-corrected chi connectivity index (χ0v) is 12.6. The molecule has 7 heteroatoms. The summed E-state index contributed by atoms with van der Waals surface area (Å²) in [5.74, 6) is -0.729. The molecule has 2 fully saturated rings. The van der Waals surface area contributed by atoms with Gasteiger partial charge in [-0.25, -0.2) is 13.6 Å². The maximum absolute atomic E-state index is 13.4. The number of benzene rings is 1. The van der Waals surface area contributed by atoms with E-state index in [1.807, 2.05) is 0 Å². The summed E-state index contributed by atoms with van der Waals surface area (Å²) in [7, 11) is 0. The fourth-order valence-corrected chi connectivity index (χ4v) is 2.55. The lowest BCUT2D eigenvalue weighted by Gasteiger charge is -2.39. The summed E-state index contributed by atoms with van der Waals surface area (Å²) in [6, 6.07) is 3.05. The largest absolute Gasteiger partial charge is 0.350 e. The number of halogens is 2. The van der Waals surface area contributed by atoms with Gasteiger partial charge in [-0.15, -0.1) is 0 Å². The Balaban J connectivity index is 1.35. The van der Waals surface area contributed by atoms with Gasteiger partial charge in [-0.1, -0.05) is 0 Å². The molecule has 1 heterocycles. The van der Waals surface area contributed by atoms with Crippen LogP contribution in [0.15, 0.2) is 18.2 Å². The molecular weight excluding hydrogens is 304 g/mol. The van der Waals surface area contributed by atoms with E-state index in [0.717, 1.165) is 31.0 Å². The second-order valence-corrected chi connectivity index (χ2v) is 6.10. The SMILES string of the molecule is O=C(NC1CN(C(=O)NCCc2cc(F)ccc2F)C1)C1CC1. The average molecular weight is 323 g/mol. The highest BCUT2D eigenvalue weighted by Gasteiger charge is 2.36. The molecule has 1 aromatic carbocycles. The molecule has 1 saturated heterocycles. The molecular formula is C16H19F2N3O2. The molecule has 0 aromatic heterocycles. The highest BCUT2D eigenvalue weighted by atomic mass is 19.1. The quantitative estimate of drug-likeness (QED) is 0.861. The number of amides is 3. The molecule has 2 aliphatic rings. The number of urea groups is 1. The molecule has 23 heavy (non-hydrogen) atoms. The number of hydrogen-bond acceptors (Lipinski definition) is 2. The number of nitrogens with one attached hydrogen (secondary N) is 2. The van der Waals surface area contributed by atoms with Crippen LogP contribution in [-0.2, 0) is 11.2 Å². The Morgan fingerprint density at radius 1 is 1.22 bits per heavy atom. The summed E-state index contributed by atoms with van der Waals surface area (Å²) in [6.45, 7) is 1.20. The van der Waals surface area contributed by atoms with Crippen LogP contribution in [0.25, 0.3) is 0 Å². The third kappa shape index (κ3) is 3.97. The Labute approximate surface area is 133 Å². The van der Waals surface area contributed by atoms with E-state index in [2.05, 4.69) is 10.6 Å². The van der Waals surface area contributed by atoms with Crippen LogP contribution in [0.1, 0.15) is 18.4 Å². The molecule has 0 radical (unpaired) electrons. The van der Waals surface area contributed by atoms with Crippen LogP contribution in [0.4, 0.5) is 13.6 Å². The molecule has 1 aliphatic carbocycles. The van der Waals surface area contributed by atoms with Crippen LogP contribution in [0.5, 0.6) is 0 Å². The molecule has 0 bridgehead atoms. The maximum atomic E-state index is 13.4. The van der Waals surface area contributed by atoms with E-state index in [1.54, 1.807) is 4.90 Å². The maximum Gasteiger partial charge on any atom is 0.317 e. The molecule has 3 rings (SSSR count). The van der Waals surface area contributed by atoms with Crippen molar-refractivity contribution in [2.45, 2.75) is 25.3 Å². The predicted octanol–water partition coefficient (Wildman–Crippen LogP) is 1.43. The molecule has 3 amide bonds. The predicted molar refractivity (Wildman–Crippen MR) is 79.7 cm³/mol. The summed E-state index contributed by atoms with van der Waals surface area (Å²) >= 11 is 0. The normalized spacial score (nSPS) is 17.6. The molecule has 0 spiro atoms. The monoisotopic (exact) mass is 323 g/mol. The van der Waals surface area contributed by atoms with Crippen LogP contribution < -0.4 is 10.6 Å². The van der Waals surface area contributed by atoms with Crippen molar-refractivity contribution in [3.8, 4) is 0 Å². The van der Waals surface area contributed by atoms with Crippen molar-refractivity contribution >= 4 is 11.9 Å².